The van der Waals surface area contributed by atoms with Crippen LogP contribution in [0.5, 0.6) is 5.75 Å². The van der Waals surface area contributed by atoms with Crippen molar-refractivity contribution in [3.8, 4) is 5.75 Å². The van der Waals surface area contributed by atoms with Gasteiger partial charge in [-0.3, -0.25) is 4.79 Å². The number of hydrazone groups is 1. The number of rotatable bonds is 9. The lowest BCUT2D eigenvalue weighted by molar-refractivity contribution is -0.152. The Morgan fingerprint density at radius 2 is 1.71 bits per heavy atom. The lowest BCUT2D eigenvalue weighted by Crippen LogP contribution is -2.37. The second-order valence-corrected chi connectivity index (χ2v) is 9.65. The molecule has 0 atom stereocenters. The van der Waals surface area contributed by atoms with Crippen LogP contribution in [0.25, 0.3) is 0 Å². The summed E-state index contributed by atoms with van der Waals surface area (Å²) >= 11 is 0. The van der Waals surface area contributed by atoms with Crippen molar-refractivity contribution in [3.63, 3.8) is 0 Å². The maximum Gasteiger partial charge on any atom is 0.416 e. The zero-order valence-electron chi connectivity index (χ0n) is 20.1. The van der Waals surface area contributed by atoms with Crippen molar-refractivity contribution in [2.45, 2.75) is 65.3 Å². The first kappa shape index (κ1) is 26.2. The molecule has 0 radical (unpaired) electrons. The summed E-state index contributed by atoms with van der Waals surface area (Å²) in [7, 11) is 0. The molecule has 1 aliphatic rings. The van der Waals surface area contributed by atoms with Gasteiger partial charge in [0.1, 0.15) is 5.75 Å². The van der Waals surface area contributed by atoms with Gasteiger partial charge in [-0.05, 0) is 82.3 Å². The van der Waals surface area contributed by atoms with Crippen LogP contribution >= 0.6 is 0 Å². The highest BCUT2D eigenvalue weighted by atomic mass is 19.4. The number of nitrogens with zero attached hydrogens (tertiary/aromatic N) is 2. The maximum absolute atomic E-state index is 13.0. The minimum absolute atomic E-state index is 0.0240. The highest BCUT2D eigenvalue weighted by molar-refractivity contribution is 6.11. The molecule has 0 unspecified atom stereocenters. The topological polar surface area (TPSA) is 79.2 Å². The standard InChI is InChI=1S/C26H29F3N2O4/c1-24(2)21(10-6-7-17-11-13-20(14-12-17)35-25(3,4)23(33)34)30-31(22(24)32)16-18-8-5-9-19(15-18)26(27,28)29/h5,8-9,11-15H,6-7,10,16H2,1-4H3,(H,33,34). The van der Waals surface area contributed by atoms with Crippen LogP contribution in [0.1, 0.15) is 57.2 Å². The molecule has 188 valence electrons. The van der Waals surface area contributed by atoms with E-state index >= 15 is 0 Å². The van der Waals surface area contributed by atoms with Crippen LogP contribution in [0, 0.1) is 5.41 Å². The third kappa shape index (κ3) is 6.21. The summed E-state index contributed by atoms with van der Waals surface area (Å²) in [4.78, 5) is 24.1. The highest BCUT2D eigenvalue weighted by Gasteiger charge is 2.42. The molecule has 0 spiro atoms. The first-order chi connectivity index (χ1) is 16.2. The van der Waals surface area contributed by atoms with Crippen molar-refractivity contribution in [2.75, 3.05) is 0 Å². The van der Waals surface area contributed by atoms with Gasteiger partial charge in [-0.15, -0.1) is 0 Å². The molecule has 3 rings (SSSR count). The average molecular weight is 491 g/mol. The molecule has 0 aliphatic carbocycles. The molecule has 1 N–H and O–H groups in total. The van der Waals surface area contributed by atoms with Gasteiger partial charge in [-0.2, -0.15) is 18.3 Å². The second-order valence-electron chi connectivity index (χ2n) is 9.65. The first-order valence-electron chi connectivity index (χ1n) is 11.3. The Bertz CT molecular complexity index is 1120. The SMILES string of the molecule is CC(C)(Oc1ccc(CCCC2=NN(Cc3cccc(C(F)(F)F)c3)C(=O)C2(C)C)cc1)C(=O)O. The van der Waals surface area contributed by atoms with E-state index in [0.29, 0.717) is 36.3 Å². The van der Waals surface area contributed by atoms with Gasteiger partial charge < -0.3 is 9.84 Å². The number of alkyl halides is 3. The van der Waals surface area contributed by atoms with Gasteiger partial charge >= 0.3 is 12.1 Å². The van der Waals surface area contributed by atoms with Gasteiger partial charge in [0.25, 0.3) is 5.91 Å². The molecule has 35 heavy (non-hydrogen) atoms. The van der Waals surface area contributed by atoms with Crippen molar-refractivity contribution in [1.29, 1.82) is 0 Å². The minimum atomic E-state index is -4.45. The normalized spacial score (nSPS) is 15.8. The molecule has 1 amide bonds. The van der Waals surface area contributed by atoms with Gasteiger partial charge in [-0.25, -0.2) is 9.80 Å². The number of carboxylic acid groups (broad SMARTS) is 1. The zero-order chi connectivity index (χ0) is 26.0. The number of carbonyl (C=O) groups excluding carboxylic acids is 1. The fourth-order valence-electron chi connectivity index (χ4n) is 3.77. The van der Waals surface area contributed by atoms with E-state index in [9.17, 15) is 27.9 Å². The molecule has 6 nitrogen and oxygen atoms in total. The summed E-state index contributed by atoms with van der Waals surface area (Å²) in [5.41, 5.74) is -0.843. The third-order valence-corrected chi connectivity index (χ3v) is 6.01. The molecular formula is C26H29F3N2O4. The average Bonchev–Trinajstić information content (AvgIpc) is 2.97. The molecule has 1 heterocycles. The van der Waals surface area contributed by atoms with E-state index in [4.69, 9.17) is 4.74 Å². The fourth-order valence-corrected chi connectivity index (χ4v) is 3.77. The van der Waals surface area contributed by atoms with Gasteiger partial charge in [0.2, 0.25) is 0 Å². The van der Waals surface area contributed by atoms with Gasteiger partial charge in [0.15, 0.2) is 5.60 Å². The van der Waals surface area contributed by atoms with Crippen LogP contribution in [-0.2, 0) is 28.7 Å². The number of amides is 1. The minimum Gasteiger partial charge on any atom is -0.478 e. The quantitative estimate of drug-likeness (QED) is 0.490. The van der Waals surface area contributed by atoms with Gasteiger partial charge in [0.05, 0.1) is 23.2 Å². The monoisotopic (exact) mass is 490 g/mol. The number of carbonyl (C=O) groups is 2. The summed E-state index contributed by atoms with van der Waals surface area (Å²) in [5.74, 6) is -0.844. The van der Waals surface area contributed by atoms with Crippen LogP contribution in [0.4, 0.5) is 13.2 Å². The van der Waals surface area contributed by atoms with Crippen LogP contribution in [0.15, 0.2) is 53.6 Å². The lowest BCUT2D eigenvalue weighted by atomic mass is 9.84. The number of carboxylic acids is 1. The van der Waals surface area contributed by atoms with Crippen molar-refractivity contribution in [2.24, 2.45) is 10.5 Å². The van der Waals surface area contributed by atoms with E-state index in [1.807, 2.05) is 12.1 Å². The highest BCUT2D eigenvalue weighted by Crippen LogP contribution is 2.33. The van der Waals surface area contributed by atoms with Crippen molar-refractivity contribution < 1.29 is 32.6 Å². The van der Waals surface area contributed by atoms with E-state index < -0.39 is 28.7 Å². The van der Waals surface area contributed by atoms with Crippen LogP contribution in [-0.4, -0.2) is 33.3 Å². The van der Waals surface area contributed by atoms with Crippen molar-refractivity contribution >= 4 is 17.6 Å². The Balaban J connectivity index is 1.61. The van der Waals surface area contributed by atoms with E-state index in [1.165, 1.54) is 24.9 Å². The van der Waals surface area contributed by atoms with E-state index in [-0.39, 0.29) is 12.5 Å². The van der Waals surface area contributed by atoms with E-state index in [2.05, 4.69) is 5.10 Å². The fraction of sp³-hybridized carbons (Fsp3) is 0.423. The molecule has 0 saturated heterocycles. The first-order valence-corrected chi connectivity index (χ1v) is 11.3. The molecule has 0 aromatic heterocycles. The Labute approximate surface area is 202 Å². The van der Waals surface area contributed by atoms with Crippen LogP contribution < -0.4 is 4.74 Å². The predicted molar refractivity (Wildman–Crippen MR) is 125 cm³/mol. The largest absolute Gasteiger partial charge is 0.478 e. The van der Waals surface area contributed by atoms with Crippen molar-refractivity contribution in [1.82, 2.24) is 5.01 Å². The Kier molecular flexibility index (Phi) is 7.29. The Hall–Kier alpha value is -3.36. The van der Waals surface area contributed by atoms with E-state index in [0.717, 1.165) is 17.7 Å². The molecule has 2 aromatic rings. The van der Waals surface area contributed by atoms with Crippen molar-refractivity contribution in [3.05, 3.63) is 65.2 Å². The molecule has 0 fully saturated rings. The number of hydrogen-bond acceptors (Lipinski definition) is 4. The summed E-state index contributed by atoms with van der Waals surface area (Å²) in [5, 5.41) is 14.9. The number of aliphatic carboxylic acids is 1. The summed E-state index contributed by atoms with van der Waals surface area (Å²) < 4.78 is 44.5. The smallest absolute Gasteiger partial charge is 0.416 e. The summed E-state index contributed by atoms with van der Waals surface area (Å²) in [6, 6.07) is 12.1. The number of ether oxygens (including phenoxy) is 1. The predicted octanol–water partition coefficient (Wildman–Crippen LogP) is 5.69. The number of halogens is 3. The maximum atomic E-state index is 13.0. The summed E-state index contributed by atoms with van der Waals surface area (Å²) in [6.07, 6.45) is -2.47. The molecule has 2 aromatic carbocycles. The van der Waals surface area contributed by atoms with Crippen LogP contribution in [0.2, 0.25) is 0 Å². The van der Waals surface area contributed by atoms with Gasteiger partial charge in [0, 0.05) is 0 Å². The molecule has 9 heteroatoms. The third-order valence-electron chi connectivity index (χ3n) is 6.01. The molecule has 1 aliphatic heterocycles. The van der Waals surface area contributed by atoms with Crippen LogP contribution in [0.3, 0.4) is 0 Å². The molecule has 0 bridgehead atoms. The second kappa shape index (κ2) is 9.71. The summed E-state index contributed by atoms with van der Waals surface area (Å²) in [6.45, 7) is 6.48. The Morgan fingerprint density at radius 3 is 2.31 bits per heavy atom. The van der Waals surface area contributed by atoms with Gasteiger partial charge in [-0.1, -0.05) is 24.3 Å². The number of benzene rings is 2. The Morgan fingerprint density at radius 1 is 1.06 bits per heavy atom. The zero-order valence-corrected chi connectivity index (χ0v) is 20.1. The molecular weight excluding hydrogens is 461 g/mol. The lowest BCUT2D eigenvalue weighted by Gasteiger charge is -2.21. The number of hydrogen-bond donors (Lipinski definition) is 1. The van der Waals surface area contributed by atoms with E-state index in [1.54, 1.807) is 32.0 Å². The molecule has 0 saturated carbocycles. The number of aryl methyl sites for hydroxylation is 1.